The predicted octanol–water partition coefficient (Wildman–Crippen LogP) is 5.62. The maximum atomic E-state index is 12.9. The SMILES string of the molecule is CCc1ccc(-n2ccc3cc(/C=C/C=C4\C(=O)N(c5ccccc5)N=C4C(=O)O)ccc32)cc1. The Balaban J connectivity index is 1.40. The lowest BCUT2D eigenvalue weighted by Gasteiger charge is -2.10. The molecule has 6 nitrogen and oxygen atoms in total. The summed E-state index contributed by atoms with van der Waals surface area (Å²) in [5.74, 6) is -1.72. The number of para-hydroxylation sites is 1. The Morgan fingerprint density at radius 2 is 1.74 bits per heavy atom. The molecule has 2 heterocycles. The highest BCUT2D eigenvalue weighted by Gasteiger charge is 2.34. The first-order valence-corrected chi connectivity index (χ1v) is 11.4. The van der Waals surface area contributed by atoms with E-state index in [0.717, 1.165) is 33.6 Å². The third-order valence-corrected chi connectivity index (χ3v) is 5.97. The second-order valence-electron chi connectivity index (χ2n) is 8.17. The monoisotopic (exact) mass is 461 g/mol. The number of carbonyl (C=O) groups is 2. The number of nitrogens with zero attached hydrogens (tertiary/aromatic N) is 3. The molecule has 0 atom stereocenters. The minimum atomic E-state index is -1.24. The molecule has 1 aliphatic rings. The van der Waals surface area contributed by atoms with Crippen molar-refractivity contribution in [3.8, 4) is 5.69 Å². The fourth-order valence-corrected chi connectivity index (χ4v) is 4.10. The van der Waals surface area contributed by atoms with Crippen molar-refractivity contribution in [2.75, 3.05) is 5.01 Å². The molecule has 35 heavy (non-hydrogen) atoms. The average molecular weight is 462 g/mol. The molecule has 5 rings (SSSR count). The molecule has 0 fully saturated rings. The fraction of sp³-hybridized carbons (Fsp3) is 0.0690. The van der Waals surface area contributed by atoms with E-state index in [9.17, 15) is 14.7 Å². The largest absolute Gasteiger partial charge is 0.476 e. The third-order valence-electron chi connectivity index (χ3n) is 5.97. The van der Waals surface area contributed by atoms with Gasteiger partial charge in [-0.1, -0.05) is 55.5 Å². The van der Waals surface area contributed by atoms with Gasteiger partial charge in [0.05, 0.1) is 16.8 Å². The highest BCUT2D eigenvalue weighted by Crippen LogP contribution is 2.25. The number of aromatic nitrogens is 1. The highest BCUT2D eigenvalue weighted by molar-refractivity contribution is 6.52. The number of hydrogen-bond acceptors (Lipinski definition) is 3. The van der Waals surface area contributed by atoms with Crippen molar-refractivity contribution in [3.63, 3.8) is 0 Å². The smallest absolute Gasteiger partial charge is 0.357 e. The van der Waals surface area contributed by atoms with E-state index in [4.69, 9.17) is 0 Å². The number of allylic oxidation sites excluding steroid dienone is 2. The first-order chi connectivity index (χ1) is 17.0. The molecule has 0 saturated heterocycles. The Labute approximate surface area is 202 Å². The lowest BCUT2D eigenvalue weighted by Crippen LogP contribution is -2.22. The molecule has 0 unspecified atom stereocenters. The molecule has 0 radical (unpaired) electrons. The highest BCUT2D eigenvalue weighted by atomic mass is 16.4. The number of benzene rings is 3. The van der Waals surface area contributed by atoms with Crippen LogP contribution in [0.4, 0.5) is 5.69 Å². The van der Waals surface area contributed by atoms with Crippen molar-refractivity contribution in [1.82, 2.24) is 4.57 Å². The molecule has 1 amide bonds. The van der Waals surface area contributed by atoms with Crippen LogP contribution < -0.4 is 5.01 Å². The summed E-state index contributed by atoms with van der Waals surface area (Å²) in [7, 11) is 0. The zero-order valence-electron chi connectivity index (χ0n) is 19.1. The van der Waals surface area contributed by atoms with Gasteiger partial charge in [0.1, 0.15) is 0 Å². The first kappa shape index (κ1) is 22.1. The summed E-state index contributed by atoms with van der Waals surface area (Å²) in [5.41, 5.74) is 4.72. The molecule has 1 aromatic heterocycles. The minimum Gasteiger partial charge on any atom is -0.476 e. The third kappa shape index (κ3) is 4.29. The average Bonchev–Trinajstić information content (AvgIpc) is 3.45. The maximum absolute atomic E-state index is 12.9. The summed E-state index contributed by atoms with van der Waals surface area (Å²) in [6.07, 6.45) is 8.09. The summed E-state index contributed by atoms with van der Waals surface area (Å²) in [6.45, 7) is 2.14. The molecule has 172 valence electrons. The van der Waals surface area contributed by atoms with Crippen LogP contribution in [0, 0.1) is 0 Å². The Hall–Kier alpha value is -4.71. The van der Waals surface area contributed by atoms with E-state index < -0.39 is 11.9 Å². The number of rotatable bonds is 6. The predicted molar refractivity (Wildman–Crippen MR) is 139 cm³/mol. The van der Waals surface area contributed by atoms with Gasteiger partial charge in [-0.3, -0.25) is 4.79 Å². The quantitative estimate of drug-likeness (QED) is 0.379. The summed E-state index contributed by atoms with van der Waals surface area (Å²) in [4.78, 5) is 24.6. The van der Waals surface area contributed by atoms with Crippen LogP contribution in [-0.2, 0) is 16.0 Å². The second kappa shape index (κ2) is 9.27. The van der Waals surface area contributed by atoms with Gasteiger partial charge < -0.3 is 9.67 Å². The Morgan fingerprint density at radius 3 is 2.46 bits per heavy atom. The number of hydrazone groups is 1. The lowest BCUT2D eigenvalue weighted by molar-refractivity contribution is -0.129. The van der Waals surface area contributed by atoms with Gasteiger partial charge in [-0.2, -0.15) is 10.1 Å². The van der Waals surface area contributed by atoms with Gasteiger partial charge in [-0.25, -0.2) is 4.79 Å². The van der Waals surface area contributed by atoms with Gasteiger partial charge in [0.25, 0.3) is 5.91 Å². The first-order valence-electron chi connectivity index (χ1n) is 11.4. The lowest BCUT2D eigenvalue weighted by atomic mass is 10.1. The summed E-state index contributed by atoms with van der Waals surface area (Å²) in [6, 6.07) is 25.5. The van der Waals surface area contributed by atoms with E-state index in [1.807, 2.05) is 24.4 Å². The number of fused-ring (bicyclic) bond motifs is 1. The molecule has 0 saturated carbocycles. The Bertz CT molecular complexity index is 1510. The van der Waals surface area contributed by atoms with Crippen LogP contribution in [0.25, 0.3) is 22.7 Å². The number of carboxylic acids is 1. The van der Waals surface area contributed by atoms with E-state index >= 15 is 0 Å². The summed E-state index contributed by atoms with van der Waals surface area (Å²) in [5, 5.41) is 15.8. The van der Waals surface area contributed by atoms with Gasteiger partial charge in [0.2, 0.25) is 0 Å². The second-order valence-corrected chi connectivity index (χ2v) is 8.17. The van der Waals surface area contributed by atoms with Crippen molar-refractivity contribution in [3.05, 3.63) is 114 Å². The number of hydrogen-bond donors (Lipinski definition) is 1. The summed E-state index contributed by atoms with van der Waals surface area (Å²) >= 11 is 0. The van der Waals surface area contributed by atoms with E-state index in [1.54, 1.807) is 30.3 Å². The van der Waals surface area contributed by atoms with Crippen LogP contribution in [0.15, 0.2) is 108 Å². The molecule has 0 bridgehead atoms. The minimum absolute atomic E-state index is 0.0420. The van der Waals surface area contributed by atoms with E-state index in [2.05, 4.69) is 59.1 Å². The Kier molecular flexibility index (Phi) is 5.85. The van der Waals surface area contributed by atoms with Crippen molar-refractivity contribution in [2.45, 2.75) is 13.3 Å². The number of anilines is 1. The van der Waals surface area contributed by atoms with Crippen LogP contribution in [0.5, 0.6) is 0 Å². The molecule has 6 heteroatoms. The van der Waals surface area contributed by atoms with Gasteiger partial charge in [-0.05, 0) is 66.1 Å². The molecule has 0 spiro atoms. The molecule has 1 N–H and O–H groups in total. The van der Waals surface area contributed by atoms with Crippen molar-refractivity contribution < 1.29 is 14.7 Å². The number of carbonyl (C=O) groups excluding carboxylic acids is 1. The van der Waals surface area contributed by atoms with Gasteiger partial charge in [0, 0.05) is 17.3 Å². The number of carboxylic acid groups (broad SMARTS) is 1. The van der Waals surface area contributed by atoms with Crippen LogP contribution in [-0.4, -0.2) is 27.3 Å². The van der Waals surface area contributed by atoms with Gasteiger partial charge in [-0.15, -0.1) is 0 Å². The number of aryl methyl sites for hydroxylation is 1. The van der Waals surface area contributed by atoms with E-state index in [-0.39, 0.29) is 11.3 Å². The Morgan fingerprint density at radius 1 is 0.971 bits per heavy atom. The van der Waals surface area contributed by atoms with Crippen molar-refractivity contribution in [2.24, 2.45) is 5.10 Å². The molecular formula is C29H23N3O3. The van der Waals surface area contributed by atoms with Crippen LogP contribution in [0.2, 0.25) is 0 Å². The zero-order valence-corrected chi connectivity index (χ0v) is 19.1. The topological polar surface area (TPSA) is 74.9 Å². The zero-order chi connectivity index (χ0) is 24.4. The molecule has 4 aromatic rings. The normalized spacial score (nSPS) is 14.9. The molecular weight excluding hydrogens is 438 g/mol. The van der Waals surface area contributed by atoms with Gasteiger partial charge in [0.15, 0.2) is 5.71 Å². The van der Waals surface area contributed by atoms with E-state index in [1.165, 1.54) is 11.6 Å². The van der Waals surface area contributed by atoms with Gasteiger partial charge >= 0.3 is 5.97 Å². The number of amides is 1. The number of aliphatic carboxylic acids is 1. The van der Waals surface area contributed by atoms with Crippen LogP contribution in [0.1, 0.15) is 18.1 Å². The molecule has 0 aliphatic carbocycles. The fourth-order valence-electron chi connectivity index (χ4n) is 4.10. The molecule has 3 aromatic carbocycles. The molecule has 1 aliphatic heterocycles. The standard InChI is InChI=1S/C29H23N3O3/c1-2-20-11-14-23(15-12-20)31-18-17-22-19-21(13-16-26(22)31)7-6-10-25-27(29(34)35)30-32(28(25)33)24-8-4-3-5-9-24/h3-19H,2H2,1H3,(H,34,35)/b7-6+,25-10-. The maximum Gasteiger partial charge on any atom is 0.357 e. The van der Waals surface area contributed by atoms with Crippen molar-refractivity contribution in [1.29, 1.82) is 0 Å². The van der Waals surface area contributed by atoms with Crippen molar-refractivity contribution >= 4 is 40.3 Å². The van der Waals surface area contributed by atoms with Crippen LogP contribution in [0.3, 0.4) is 0 Å². The van der Waals surface area contributed by atoms with E-state index in [0.29, 0.717) is 5.69 Å². The summed E-state index contributed by atoms with van der Waals surface area (Å²) < 4.78 is 2.15. The van der Waals surface area contributed by atoms with Crippen LogP contribution >= 0.6 is 0 Å².